The van der Waals surface area contributed by atoms with Crippen LogP contribution in [0, 0.1) is 11.8 Å². The molecule has 2 aliphatic carbocycles. The number of ether oxygens (including phenoxy) is 3. The van der Waals surface area contributed by atoms with E-state index in [4.69, 9.17) is 19.2 Å². The van der Waals surface area contributed by atoms with Crippen molar-refractivity contribution < 1.29 is 41.8 Å². The number of alkyl carbamates (subject to hydrolysis) is 1. The Bertz CT molecular complexity index is 2300. The number of cyclic esters (lactones) is 1. The number of carbonyl (C=O) groups excluding carboxylic acids is 4. The number of fused-ring (bicyclic) bond motifs is 4. The van der Waals surface area contributed by atoms with E-state index in [9.17, 15) is 27.6 Å². The fourth-order valence-electron chi connectivity index (χ4n) is 8.33. The summed E-state index contributed by atoms with van der Waals surface area (Å²) in [5.41, 5.74) is 1.41. The van der Waals surface area contributed by atoms with Crippen molar-refractivity contribution in [3.05, 3.63) is 72.3 Å². The third kappa shape index (κ3) is 8.80. The number of amides is 4. The maximum absolute atomic E-state index is 14.7. The van der Waals surface area contributed by atoms with E-state index in [0.717, 1.165) is 24.0 Å². The second-order valence-electron chi connectivity index (χ2n) is 16.5. The number of nitrogens with one attached hydrogen (secondary N) is 3. The van der Waals surface area contributed by atoms with Crippen LogP contribution in [0.15, 0.2) is 66.8 Å². The maximum atomic E-state index is 14.7. The standard InChI is InChI=1S/C44H51N5O9S/c1-27-12-11-15-29-20-33-36(23-38(29)56-2)45-35(28-13-7-6-8-14-28)22-39(33)58-31-21-37-40(50)47-44(42(52)48-59(54,55)32-18-19-32)24-30(44)16-9-4-3-5-10-17-34(41(51)49(37)25-31)46-43(53)57-26-27/h6-9,11,13-16,20,22-23,27,30-32,34,37H,3-5,10,12,17-19,21,24-26H2,1-2H3,(H,46,53)(H,47,50)(H,48,52)/b15-11+,16-9-/t27-,30+,31-,34+,37+,44-/m1/s1. The maximum Gasteiger partial charge on any atom is 0.407 e. The molecule has 14 nitrogen and oxygen atoms in total. The number of pyridine rings is 1. The van der Waals surface area contributed by atoms with E-state index in [1.807, 2.05) is 79.8 Å². The van der Waals surface area contributed by atoms with Crippen LogP contribution in [0.5, 0.6) is 11.5 Å². The minimum Gasteiger partial charge on any atom is -0.496 e. The Kier molecular flexibility index (Phi) is 11.4. The molecule has 3 N–H and O–H groups in total. The Morgan fingerprint density at radius 2 is 1.85 bits per heavy atom. The summed E-state index contributed by atoms with van der Waals surface area (Å²) in [6, 6.07) is 13.2. The Labute approximate surface area is 344 Å². The number of sulfonamides is 1. The monoisotopic (exact) mass is 825 g/mol. The molecule has 0 spiro atoms. The molecule has 1 aromatic heterocycles. The minimum atomic E-state index is -3.91. The van der Waals surface area contributed by atoms with Crippen molar-refractivity contribution in [1.82, 2.24) is 25.2 Å². The molecule has 0 radical (unpaired) electrons. The van der Waals surface area contributed by atoms with E-state index in [0.29, 0.717) is 66.6 Å². The molecule has 59 heavy (non-hydrogen) atoms. The van der Waals surface area contributed by atoms with Gasteiger partial charge >= 0.3 is 6.09 Å². The Morgan fingerprint density at radius 1 is 1.03 bits per heavy atom. The van der Waals surface area contributed by atoms with Crippen LogP contribution in [0.1, 0.15) is 76.7 Å². The van der Waals surface area contributed by atoms with Crippen LogP contribution in [-0.4, -0.2) is 91.4 Å². The molecule has 5 aliphatic rings. The summed E-state index contributed by atoms with van der Waals surface area (Å²) in [7, 11) is -2.31. The zero-order valence-electron chi connectivity index (χ0n) is 33.4. The SMILES string of the molecule is COc1cc2nc(-c3ccccc3)cc3c2cc1/C=C/C[C@@H](C)COC(=O)N[C@H]1CCCCC/C=C\[C@H]2C[C@@]2(C(=O)NS(=O)(=O)C2CC2)NC(=O)[C@@H]2C[C@H](CN2C1=O)O3. The lowest BCUT2D eigenvalue weighted by Crippen LogP contribution is -2.58. The molecule has 5 bridgehead atoms. The second kappa shape index (κ2) is 16.7. The number of hydrogen-bond donors (Lipinski definition) is 3. The van der Waals surface area contributed by atoms with Crippen LogP contribution >= 0.6 is 0 Å². The number of benzene rings is 2. The lowest BCUT2D eigenvalue weighted by molar-refractivity contribution is -0.141. The molecule has 4 amide bonds. The molecule has 4 heterocycles. The number of carbonyl (C=O) groups is 4. The van der Waals surface area contributed by atoms with Gasteiger partial charge in [-0.25, -0.2) is 18.2 Å². The van der Waals surface area contributed by atoms with Gasteiger partial charge in [0.25, 0.3) is 5.91 Å². The van der Waals surface area contributed by atoms with Gasteiger partial charge in [-0.1, -0.05) is 74.4 Å². The van der Waals surface area contributed by atoms with Crippen molar-refractivity contribution in [2.75, 3.05) is 20.3 Å². The van der Waals surface area contributed by atoms with Crippen LogP contribution in [0.2, 0.25) is 0 Å². The molecule has 0 unspecified atom stereocenters. The van der Waals surface area contributed by atoms with Crippen molar-refractivity contribution in [3.8, 4) is 22.8 Å². The van der Waals surface area contributed by atoms with Gasteiger partial charge in [-0.3, -0.25) is 19.1 Å². The van der Waals surface area contributed by atoms with Crippen LogP contribution in [0.4, 0.5) is 4.79 Å². The van der Waals surface area contributed by atoms with Crippen molar-refractivity contribution in [2.45, 2.75) is 100 Å². The second-order valence-corrected chi connectivity index (χ2v) is 18.5. The summed E-state index contributed by atoms with van der Waals surface area (Å²) in [5, 5.41) is 5.79. The summed E-state index contributed by atoms with van der Waals surface area (Å²) < 4.78 is 46.4. The number of methoxy groups -OCH3 is 1. The number of allylic oxidation sites excluding steroid dienone is 2. The van der Waals surface area contributed by atoms with Crippen LogP contribution in [0.3, 0.4) is 0 Å². The minimum absolute atomic E-state index is 0.00678. The first-order valence-corrected chi connectivity index (χ1v) is 22.2. The Hall–Kier alpha value is -5.44. The highest BCUT2D eigenvalue weighted by atomic mass is 32.2. The first-order chi connectivity index (χ1) is 28.4. The van der Waals surface area contributed by atoms with Gasteiger partial charge in [0.1, 0.15) is 35.2 Å². The predicted octanol–water partition coefficient (Wildman–Crippen LogP) is 5.41. The molecule has 3 aliphatic heterocycles. The van der Waals surface area contributed by atoms with E-state index in [1.165, 1.54) is 4.90 Å². The molecule has 15 heteroatoms. The molecule has 6 atom stereocenters. The molecule has 312 valence electrons. The smallest absolute Gasteiger partial charge is 0.407 e. The van der Waals surface area contributed by atoms with Gasteiger partial charge < -0.3 is 29.7 Å². The van der Waals surface area contributed by atoms with Crippen LogP contribution in [-0.2, 0) is 29.1 Å². The van der Waals surface area contributed by atoms with E-state index < -0.39 is 68.7 Å². The van der Waals surface area contributed by atoms with Gasteiger partial charge in [0.2, 0.25) is 21.8 Å². The van der Waals surface area contributed by atoms with Crippen molar-refractivity contribution in [2.24, 2.45) is 11.8 Å². The van der Waals surface area contributed by atoms with Crippen LogP contribution < -0.4 is 24.8 Å². The normalized spacial score (nSPS) is 28.9. The summed E-state index contributed by atoms with van der Waals surface area (Å²) in [4.78, 5) is 62.8. The third-order valence-electron chi connectivity index (χ3n) is 12.0. The first kappa shape index (κ1) is 40.3. The van der Waals surface area contributed by atoms with Crippen molar-refractivity contribution in [1.29, 1.82) is 0 Å². The van der Waals surface area contributed by atoms with Crippen LogP contribution in [0.25, 0.3) is 28.2 Å². The summed E-state index contributed by atoms with van der Waals surface area (Å²) in [6.45, 7) is 2.07. The van der Waals surface area contributed by atoms with Gasteiger partial charge in [-0.05, 0) is 56.9 Å². The molecule has 1 saturated heterocycles. The number of aromatic nitrogens is 1. The molecular formula is C44H51N5O9S. The largest absolute Gasteiger partial charge is 0.496 e. The lowest BCUT2D eigenvalue weighted by Gasteiger charge is -2.29. The van der Waals surface area contributed by atoms with Gasteiger partial charge in [-0.2, -0.15) is 0 Å². The molecule has 3 aromatic rings. The summed E-state index contributed by atoms with van der Waals surface area (Å²) in [5.74, 6) is -1.26. The summed E-state index contributed by atoms with van der Waals surface area (Å²) in [6.07, 6.45) is 11.4. The molecule has 2 saturated carbocycles. The number of hydrogen-bond acceptors (Lipinski definition) is 10. The lowest BCUT2D eigenvalue weighted by atomic mass is 10.0. The highest BCUT2D eigenvalue weighted by Crippen LogP contribution is 2.46. The van der Waals surface area contributed by atoms with Gasteiger partial charge in [0, 0.05) is 41.0 Å². The average molecular weight is 826 g/mol. The highest BCUT2D eigenvalue weighted by Gasteiger charge is 2.62. The average Bonchev–Trinajstić information content (AvgIpc) is 4.15. The molecule has 3 fully saturated rings. The number of nitrogens with zero attached hydrogens (tertiary/aromatic N) is 2. The van der Waals surface area contributed by atoms with Gasteiger partial charge in [-0.15, -0.1) is 0 Å². The van der Waals surface area contributed by atoms with Gasteiger partial charge in [0.15, 0.2) is 0 Å². The van der Waals surface area contributed by atoms with E-state index in [-0.39, 0.29) is 31.9 Å². The molecular weight excluding hydrogens is 775 g/mol. The fourth-order valence-corrected chi connectivity index (χ4v) is 9.69. The van der Waals surface area contributed by atoms with Crippen molar-refractivity contribution in [3.63, 3.8) is 0 Å². The predicted molar refractivity (Wildman–Crippen MR) is 221 cm³/mol. The quantitative estimate of drug-likeness (QED) is 0.282. The van der Waals surface area contributed by atoms with E-state index in [2.05, 4.69) is 15.4 Å². The Morgan fingerprint density at radius 3 is 2.63 bits per heavy atom. The highest BCUT2D eigenvalue weighted by molar-refractivity contribution is 7.91. The fraction of sp³-hybridized carbons (Fsp3) is 0.477. The zero-order valence-corrected chi connectivity index (χ0v) is 34.2. The van der Waals surface area contributed by atoms with E-state index in [1.54, 1.807) is 7.11 Å². The summed E-state index contributed by atoms with van der Waals surface area (Å²) >= 11 is 0. The van der Waals surface area contributed by atoms with E-state index >= 15 is 0 Å². The molecule has 8 rings (SSSR count). The van der Waals surface area contributed by atoms with Gasteiger partial charge in [0.05, 0.1) is 36.7 Å². The zero-order chi connectivity index (χ0) is 41.3. The first-order valence-electron chi connectivity index (χ1n) is 20.6. The molecule has 2 aromatic carbocycles. The van der Waals surface area contributed by atoms with Crippen molar-refractivity contribution >= 4 is 50.8 Å². The topological polar surface area (TPSA) is 182 Å². The number of rotatable bonds is 5. The Balaban J connectivity index is 1.19. The third-order valence-corrected chi connectivity index (χ3v) is 13.8.